The molecule has 0 unspecified atom stereocenters. The summed E-state index contributed by atoms with van der Waals surface area (Å²) in [7, 11) is 0. The topological polar surface area (TPSA) is 17.1 Å². The van der Waals surface area contributed by atoms with Crippen molar-refractivity contribution < 1.29 is 4.79 Å². The van der Waals surface area contributed by atoms with Crippen LogP contribution in [0, 0.1) is 5.41 Å². The molecule has 0 aliphatic carbocycles. The van der Waals surface area contributed by atoms with Crippen molar-refractivity contribution in [2.75, 3.05) is 0 Å². The van der Waals surface area contributed by atoms with Gasteiger partial charge in [0.15, 0.2) is 0 Å². The Hall–Kier alpha value is -0.850. The fourth-order valence-electron chi connectivity index (χ4n) is 1.12. The largest absolute Gasteiger partial charge is 0.302 e. The minimum Gasteiger partial charge on any atom is -0.302 e. The molecular formula is C11H18O. The third-order valence-corrected chi connectivity index (χ3v) is 2.10. The van der Waals surface area contributed by atoms with Crippen LogP contribution in [0.1, 0.15) is 33.1 Å². The first-order valence-electron chi connectivity index (χ1n) is 4.49. The molecule has 0 aromatic rings. The van der Waals surface area contributed by atoms with E-state index in [2.05, 4.69) is 13.5 Å². The summed E-state index contributed by atoms with van der Waals surface area (Å²) in [5.41, 5.74) is -0.294. The lowest BCUT2D eigenvalue weighted by Gasteiger charge is -2.20. The van der Waals surface area contributed by atoms with Crippen LogP contribution in [-0.4, -0.2) is 6.29 Å². The zero-order valence-corrected chi connectivity index (χ0v) is 8.05. The van der Waals surface area contributed by atoms with Gasteiger partial charge < -0.3 is 4.79 Å². The van der Waals surface area contributed by atoms with Crippen LogP contribution in [0.4, 0.5) is 0 Å². The molecule has 0 spiro atoms. The third kappa shape index (κ3) is 3.04. The summed E-state index contributed by atoms with van der Waals surface area (Å²) in [6, 6.07) is 0. The molecule has 68 valence electrons. The number of hydrogen-bond donors (Lipinski definition) is 0. The normalized spacial score (nSPS) is 15.8. The molecule has 0 aliphatic rings. The lowest BCUT2D eigenvalue weighted by atomic mass is 9.83. The quantitative estimate of drug-likeness (QED) is 0.437. The molecule has 0 radical (unpaired) electrons. The molecular weight excluding hydrogens is 148 g/mol. The predicted octanol–water partition coefficient (Wildman–Crippen LogP) is 3.12. The number of hydrogen-bond acceptors (Lipinski definition) is 1. The summed E-state index contributed by atoms with van der Waals surface area (Å²) < 4.78 is 0. The molecule has 1 heteroatoms. The third-order valence-electron chi connectivity index (χ3n) is 2.10. The van der Waals surface area contributed by atoms with Crippen LogP contribution in [-0.2, 0) is 4.79 Å². The van der Waals surface area contributed by atoms with Gasteiger partial charge in [-0.25, -0.2) is 0 Å². The molecule has 0 fully saturated rings. The van der Waals surface area contributed by atoms with E-state index in [1.165, 1.54) is 0 Å². The minimum absolute atomic E-state index is 0.294. The van der Waals surface area contributed by atoms with E-state index >= 15 is 0 Å². The predicted molar refractivity (Wildman–Crippen MR) is 53.0 cm³/mol. The molecule has 0 saturated heterocycles. The van der Waals surface area contributed by atoms with E-state index in [-0.39, 0.29) is 5.41 Å². The van der Waals surface area contributed by atoms with Gasteiger partial charge in [0.25, 0.3) is 0 Å². The molecule has 0 aromatic carbocycles. The van der Waals surface area contributed by atoms with E-state index in [0.717, 1.165) is 25.5 Å². The standard InChI is InChI=1S/C11H18O/c1-4-7-9-11(6-3,10-12)8-5-2/h5,7,9-10H,2,4,6,8H2,1,3H3/b9-7+/t11-/m0/s1. The summed E-state index contributed by atoms with van der Waals surface area (Å²) in [5, 5.41) is 0. The van der Waals surface area contributed by atoms with E-state index in [1.807, 2.05) is 19.1 Å². The van der Waals surface area contributed by atoms with Gasteiger partial charge in [0.2, 0.25) is 0 Å². The summed E-state index contributed by atoms with van der Waals surface area (Å²) in [5.74, 6) is 0. The van der Waals surface area contributed by atoms with Crippen molar-refractivity contribution >= 4 is 6.29 Å². The van der Waals surface area contributed by atoms with Gasteiger partial charge in [-0.05, 0) is 19.3 Å². The van der Waals surface area contributed by atoms with E-state index in [9.17, 15) is 4.79 Å². The first-order chi connectivity index (χ1) is 5.74. The molecule has 12 heavy (non-hydrogen) atoms. The molecule has 0 bridgehead atoms. The van der Waals surface area contributed by atoms with Crippen molar-refractivity contribution in [2.24, 2.45) is 5.41 Å². The second-order valence-electron chi connectivity index (χ2n) is 3.01. The van der Waals surface area contributed by atoms with Gasteiger partial charge in [0, 0.05) is 5.41 Å². The van der Waals surface area contributed by atoms with Gasteiger partial charge >= 0.3 is 0 Å². The number of aldehydes is 1. The highest BCUT2D eigenvalue weighted by Crippen LogP contribution is 2.26. The fourth-order valence-corrected chi connectivity index (χ4v) is 1.12. The monoisotopic (exact) mass is 166 g/mol. The van der Waals surface area contributed by atoms with Crippen LogP contribution in [0.5, 0.6) is 0 Å². The Kier molecular flexibility index (Phi) is 5.35. The average Bonchev–Trinajstić information content (AvgIpc) is 2.13. The molecule has 0 aromatic heterocycles. The Labute approximate surface area is 75.2 Å². The molecule has 0 N–H and O–H groups in total. The zero-order chi connectivity index (χ0) is 9.45. The first-order valence-corrected chi connectivity index (χ1v) is 4.49. The zero-order valence-electron chi connectivity index (χ0n) is 8.05. The molecule has 0 aliphatic heterocycles. The van der Waals surface area contributed by atoms with Crippen LogP contribution < -0.4 is 0 Å². The van der Waals surface area contributed by atoms with Gasteiger partial charge in [0.1, 0.15) is 6.29 Å². The fraction of sp³-hybridized carbons (Fsp3) is 0.545. The Morgan fingerprint density at radius 1 is 1.42 bits per heavy atom. The highest BCUT2D eigenvalue weighted by Gasteiger charge is 2.21. The summed E-state index contributed by atoms with van der Waals surface area (Å²) in [4.78, 5) is 10.9. The molecule has 0 rings (SSSR count). The Morgan fingerprint density at radius 2 is 2.08 bits per heavy atom. The van der Waals surface area contributed by atoms with Crippen LogP contribution in [0.3, 0.4) is 0 Å². The second-order valence-corrected chi connectivity index (χ2v) is 3.01. The summed E-state index contributed by atoms with van der Waals surface area (Å²) >= 11 is 0. The Balaban J connectivity index is 4.44. The van der Waals surface area contributed by atoms with Crippen LogP contribution in [0.2, 0.25) is 0 Å². The van der Waals surface area contributed by atoms with E-state index in [1.54, 1.807) is 6.08 Å². The first kappa shape index (κ1) is 11.2. The Morgan fingerprint density at radius 3 is 2.42 bits per heavy atom. The van der Waals surface area contributed by atoms with Crippen molar-refractivity contribution in [3.8, 4) is 0 Å². The number of carbonyl (C=O) groups is 1. The van der Waals surface area contributed by atoms with Crippen LogP contribution in [0.25, 0.3) is 0 Å². The maximum Gasteiger partial charge on any atom is 0.130 e. The van der Waals surface area contributed by atoms with Crippen molar-refractivity contribution in [3.63, 3.8) is 0 Å². The minimum atomic E-state index is -0.294. The molecule has 0 amide bonds. The van der Waals surface area contributed by atoms with Gasteiger partial charge in [-0.1, -0.05) is 32.1 Å². The van der Waals surface area contributed by atoms with E-state index < -0.39 is 0 Å². The van der Waals surface area contributed by atoms with Gasteiger partial charge in [-0.2, -0.15) is 0 Å². The molecule has 0 saturated carbocycles. The van der Waals surface area contributed by atoms with Crippen molar-refractivity contribution in [1.29, 1.82) is 0 Å². The summed E-state index contributed by atoms with van der Waals surface area (Å²) in [6.07, 6.45) is 9.44. The van der Waals surface area contributed by atoms with Crippen molar-refractivity contribution in [1.82, 2.24) is 0 Å². The van der Waals surface area contributed by atoms with Gasteiger partial charge in [-0.15, -0.1) is 6.58 Å². The van der Waals surface area contributed by atoms with Gasteiger partial charge in [0.05, 0.1) is 0 Å². The Bertz CT molecular complexity index is 170. The maximum atomic E-state index is 10.9. The molecule has 1 nitrogen and oxygen atoms in total. The number of carbonyl (C=O) groups excluding carboxylic acids is 1. The van der Waals surface area contributed by atoms with E-state index in [0.29, 0.717) is 0 Å². The van der Waals surface area contributed by atoms with Gasteiger partial charge in [-0.3, -0.25) is 0 Å². The van der Waals surface area contributed by atoms with Crippen LogP contribution >= 0.6 is 0 Å². The smallest absolute Gasteiger partial charge is 0.130 e. The van der Waals surface area contributed by atoms with E-state index in [4.69, 9.17) is 0 Å². The maximum absolute atomic E-state index is 10.9. The van der Waals surface area contributed by atoms with Crippen LogP contribution in [0.15, 0.2) is 24.8 Å². The number of allylic oxidation sites excluding steroid dienone is 3. The summed E-state index contributed by atoms with van der Waals surface area (Å²) in [6.45, 7) is 7.75. The highest BCUT2D eigenvalue weighted by molar-refractivity contribution is 5.63. The van der Waals surface area contributed by atoms with Crippen molar-refractivity contribution in [3.05, 3.63) is 24.8 Å². The van der Waals surface area contributed by atoms with Crippen molar-refractivity contribution in [2.45, 2.75) is 33.1 Å². The molecule has 1 atom stereocenters. The number of rotatable bonds is 6. The SMILES string of the molecule is C=CC[C@](C=O)(/C=C/CC)CC. The lowest BCUT2D eigenvalue weighted by molar-refractivity contribution is -0.114. The lowest BCUT2D eigenvalue weighted by Crippen LogP contribution is -2.17. The molecule has 0 heterocycles. The second kappa shape index (κ2) is 5.76. The average molecular weight is 166 g/mol. The highest BCUT2D eigenvalue weighted by atomic mass is 16.1.